The van der Waals surface area contributed by atoms with Crippen LogP contribution in [0.4, 0.5) is 0 Å². The normalized spacial score (nSPS) is 39.5. The van der Waals surface area contributed by atoms with Crippen molar-refractivity contribution in [2.24, 2.45) is 5.92 Å². The Morgan fingerprint density at radius 1 is 1.36 bits per heavy atom. The smallest absolute Gasteiger partial charge is 0.0928 e. The highest BCUT2D eigenvalue weighted by Crippen LogP contribution is 2.34. The fraction of sp³-hybridized carbons (Fsp3) is 1.00. The van der Waals surface area contributed by atoms with Gasteiger partial charge in [-0.05, 0) is 18.8 Å². The summed E-state index contributed by atoms with van der Waals surface area (Å²) >= 11 is 0. The van der Waals surface area contributed by atoms with Crippen LogP contribution in [0.15, 0.2) is 0 Å². The molecule has 2 atom stereocenters. The van der Waals surface area contributed by atoms with Crippen LogP contribution in [0.25, 0.3) is 0 Å². The number of aliphatic hydroxyl groups excluding tert-OH is 1. The third kappa shape index (κ3) is 1.57. The maximum absolute atomic E-state index is 9.97. The molecule has 0 aliphatic heterocycles. The van der Waals surface area contributed by atoms with E-state index in [1.165, 1.54) is 0 Å². The lowest BCUT2D eigenvalue weighted by Gasteiger charge is -2.40. The van der Waals surface area contributed by atoms with E-state index in [4.69, 9.17) is 0 Å². The molecule has 0 saturated heterocycles. The molecule has 0 aromatic carbocycles. The van der Waals surface area contributed by atoms with Crippen molar-refractivity contribution in [3.8, 4) is 0 Å². The number of rotatable bonds is 1. The molecule has 1 aliphatic rings. The van der Waals surface area contributed by atoms with Crippen molar-refractivity contribution in [2.75, 3.05) is 0 Å². The van der Waals surface area contributed by atoms with Gasteiger partial charge in [-0.2, -0.15) is 0 Å². The summed E-state index contributed by atoms with van der Waals surface area (Å²) < 4.78 is 0. The Hall–Kier alpha value is -0.0800. The van der Waals surface area contributed by atoms with Gasteiger partial charge in [0, 0.05) is 0 Å². The van der Waals surface area contributed by atoms with Crippen LogP contribution in [0.2, 0.25) is 0 Å². The van der Waals surface area contributed by atoms with Crippen molar-refractivity contribution >= 4 is 0 Å². The summed E-state index contributed by atoms with van der Waals surface area (Å²) in [5.41, 5.74) is -0.807. The highest BCUT2D eigenvalue weighted by Gasteiger charge is 2.40. The summed E-state index contributed by atoms with van der Waals surface area (Å²) in [6, 6.07) is 0. The minimum atomic E-state index is -0.807. The molecule has 11 heavy (non-hydrogen) atoms. The Kier molecular flexibility index (Phi) is 2.55. The molecule has 2 heteroatoms. The van der Waals surface area contributed by atoms with E-state index in [0.717, 1.165) is 25.7 Å². The first kappa shape index (κ1) is 9.01. The van der Waals surface area contributed by atoms with Crippen LogP contribution >= 0.6 is 0 Å². The third-order valence-electron chi connectivity index (χ3n) is 2.88. The lowest BCUT2D eigenvalue weighted by atomic mass is 9.75. The maximum atomic E-state index is 9.97. The van der Waals surface area contributed by atoms with Crippen molar-refractivity contribution in [1.29, 1.82) is 0 Å². The summed E-state index contributed by atoms with van der Waals surface area (Å²) in [7, 11) is 0. The second-order valence-electron chi connectivity index (χ2n) is 3.91. The summed E-state index contributed by atoms with van der Waals surface area (Å²) in [5, 5.41) is 19.5. The Morgan fingerprint density at radius 3 is 2.36 bits per heavy atom. The fourth-order valence-electron chi connectivity index (χ4n) is 1.84. The maximum Gasteiger partial charge on any atom is 0.0928 e. The third-order valence-corrected chi connectivity index (χ3v) is 2.88. The highest BCUT2D eigenvalue weighted by atomic mass is 16.3. The molecule has 0 heterocycles. The lowest BCUT2D eigenvalue weighted by molar-refractivity contribution is -0.128. The molecule has 0 aromatic rings. The Labute approximate surface area is 68.2 Å². The van der Waals surface area contributed by atoms with E-state index in [2.05, 4.69) is 0 Å². The van der Waals surface area contributed by atoms with Crippen LogP contribution < -0.4 is 0 Å². The molecular weight excluding hydrogens is 140 g/mol. The molecular formula is C9H18O2. The van der Waals surface area contributed by atoms with Crippen LogP contribution in [-0.2, 0) is 0 Å². The van der Waals surface area contributed by atoms with Gasteiger partial charge in [-0.25, -0.2) is 0 Å². The second kappa shape index (κ2) is 3.11. The van der Waals surface area contributed by atoms with Crippen LogP contribution in [-0.4, -0.2) is 21.9 Å². The van der Waals surface area contributed by atoms with Gasteiger partial charge in [-0.1, -0.05) is 26.7 Å². The predicted octanol–water partition coefficient (Wildman–Crippen LogP) is 1.31. The van der Waals surface area contributed by atoms with E-state index in [0.29, 0.717) is 0 Å². The predicted molar refractivity (Wildman–Crippen MR) is 44.3 cm³/mol. The number of hydrogen-bond acceptors (Lipinski definition) is 2. The van der Waals surface area contributed by atoms with Crippen molar-refractivity contribution < 1.29 is 10.2 Å². The average Bonchev–Trinajstić information content (AvgIpc) is 1.95. The Balaban J connectivity index is 2.64. The molecule has 0 radical (unpaired) electrons. The molecule has 0 unspecified atom stereocenters. The minimum Gasteiger partial charge on any atom is -0.390 e. The molecule has 2 nitrogen and oxygen atoms in total. The van der Waals surface area contributed by atoms with Gasteiger partial charge in [0.1, 0.15) is 0 Å². The van der Waals surface area contributed by atoms with E-state index in [-0.39, 0.29) is 5.92 Å². The monoisotopic (exact) mass is 158 g/mol. The van der Waals surface area contributed by atoms with Crippen molar-refractivity contribution in [1.82, 2.24) is 0 Å². The molecule has 1 saturated carbocycles. The van der Waals surface area contributed by atoms with Crippen LogP contribution in [0.1, 0.15) is 39.5 Å². The van der Waals surface area contributed by atoms with Crippen molar-refractivity contribution in [3.05, 3.63) is 0 Å². The summed E-state index contributed by atoms with van der Waals surface area (Å²) in [5.74, 6) is 0.165. The lowest BCUT2D eigenvalue weighted by Crippen LogP contribution is -2.48. The van der Waals surface area contributed by atoms with Gasteiger partial charge in [-0.3, -0.25) is 0 Å². The Bertz CT molecular complexity index is 134. The molecule has 1 rings (SSSR count). The van der Waals surface area contributed by atoms with E-state index in [9.17, 15) is 10.2 Å². The largest absolute Gasteiger partial charge is 0.390 e. The van der Waals surface area contributed by atoms with E-state index >= 15 is 0 Å². The van der Waals surface area contributed by atoms with Crippen molar-refractivity contribution in [3.63, 3.8) is 0 Å². The Morgan fingerprint density at radius 2 is 2.00 bits per heavy atom. The molecule has 0 amide bonds. The first-order valence-corrected chi connectivity index (χ1v) is 4.48. The SMILES string of the molecule is CC(C)[C@@]1(O)CCCC[C@@H]1O. The quantitative estimate of drug-likeness (QED) is 0.604. The number of aliphatic hydroxyl groups is 2. The van der Waals surface area contributed by atoms with Gasteiger partial charge < -0.3 is 10.2 Å². The number of hydrogen-bond donors (Lipinski definition) is 2. The molecule has 2 N–H and O–H groups in total. The zero-order chi connectivity index (χ0) is 8.48. The summed E-state index contributed by atoms with van der Waals surface area (Å²) in [4.78, 5) is 0. The van der Waals surface area contributed by atoms with Crippen LogP contribution in [0.5, 0.6) is 0 Å². The first-order chi connectivity index (χ1) is 5.07. The highest BCUT2D eigenvalue weighted by molar-refractivity contribution is 4.92. The minimum absolute atomic E-state index is 0.165. The molecule has 0 aromatic heterocycles. The van der Waals surface area contributed by atoms with Gasteiger partial charge in [0.05, 0.1) is 11.7 Å². The van der Waals surface area contributed by atoms with Crippen molar-refractivity contribution in [2.45, 2.75) is 51.2 Å². The summed E-state index contributed by atoms with van der Waals surface area (Å²) in [6.07, 6.45) is 3.11. The van der Waals surface area contributed by atoms with Crippen LogP contribution in [0, 0.1) is 5.92 Å². The molecule has 66 valence electrons. The van der Waals surface area contributed by atoms with Gasteiger partial charge >= 0.3 is 0 Å². The summed E-state index contributed by atoms with van der Waals surface area (Å²) in [6.45, 7) is 3.93. The van der Waals surface area contributed by atoms with E-state index in [1.54, 1.807) is 0 Å². The molecule has 1 fully saturated rings. The zero-order valence-corrected chi connectivity index (χ0v) is 7.38. The van der Waals surface area contributed by atoms with Gasteiger partial charge in [0.2, 0.25) is 0 Å². The fourth-order valence-corrected chi connectivity index (χ4v) is 1.84. The first-order valence-electron chi connectivity index (χ1n) is 4.48. The van der Waals surface area contributed by atoms with Crippen LogP contribution in [0.3, 0.4) is 0 Å². The zero-order valence-electron chi connectivity index (χ0n) is 7.38. The molecule has 0 spiro atoms. The second-order valence-corrected chi connectivity index (χ2v) is 3.91. The van der Waals surface area contributed by atoms with Gasteiger partial charge in [0.15, 0.2) is 0 Å². The molecule has 1 aliphatic carbocycles. The molecule has 0 bridgehead atoms. The van der Waals surface area contributed by atoms with Gasteiger partial charge in [0.25, 0.3) is 0 Å². The van der Waals surface area contributed by atoms with Gasteiger partial charge in [-0.15, -0.1) is 0 Å². The average molecular weight is 158 g/mol. The topological polar surface area (TPSA) is 40.5 Å². The standard InChI is InChI=1S/C9H18O2/c1-7(2)9(11)6-4-3-5-8(9)10/h7-8,10-11H,3-6H2,1-2H3/t8-,9-/m0/s1. The van der Waals surface area contributed by atoms with E-state index in [1.807, 2.05) is 13.8 Å². The van der Waals surface area contributed by atoms with E-state index < -0.39 is 11.7 Å².